The Labute approximate surface area is 143 Å². The number of sulfonamides is 1. The van der Waals surface area contributed by atoms with Gasteiger partial charge in [0.25, 0.3) is 0 Å². The molecule has 0 radical (unpaired) electrons. The van der Waals surface area contributed by atoms with Gasteiger partial charge in [0.2, 0.25) is 10.0 Å². The summed E-state index contributed by atoms with van der Waals surface area (Å²) in [6.45, 7) is 2.11. The van der Waals surface area contributed by atoms with Crippen LogP contribution in [0.4, 0.5) is 0 Å². The molecule has 8 heteroatoms. The van der Waals surface area contributed by atoms with Gasteiger partial charge in [-0.3, -0.25) is 0 Å². The molecule has 0 aliphatic carbocycles. The third-order valence-electron chi connectivity index (χ3n) is 3.71. The van der Waals surface area contributed by atoms with E-state index in [1.807, 2.05) is 6.92 Å². The maximum atomic E-state index is 12.9. The Kier molecular flexibility index (Phi) is 5.60. The lowest BCUT2D eigenvalue weighted by atomic mass is 9.96. The number of halogens is 3. The molecule has 1 N–H and O–H groups in total. The highest BCUT2D eigenvalue weighted by molar-refractivity contribution is 9.10. The minimum atomic E-state index is -3.79. The molecule has 1 fully saturated rings. The molecule has 2 atom stereocenters. The smallest absolute Gasteiger partial charge is 0.246 e. The van der Waals surface area contributed by atoms with Crippen LogP contribution in [0.5, 0.6) is 0 Å². The highest BCUT2D eigenvalue weighted by Gasteiger charge is 2.37. The fourth-order valence-electron chi connectivity index (χ4n) is 2.52. The van der Waals surface area contributed by atoms with Gasteiger partial charge in [0.1, 0.15) is 4.90 Å². The van der Waals surface area contributed by atoms with Gasteiger partial charge in [0.05, 0.1) is 10.0 Å². The highest BCUT2D eigenvalue weighted by atomic mass is 79.9. The zero-order valence-electron chi connectivity index (χ0n) is 11.4. The Morgan fingerprint density at radius 3 is 2.43 bits per heavy atom. The van der Waals surface area contributed by atoms with Crippen molar-refractivity contribution < 1.29 is 13.5 Å². The number of nitrogens with zero attached hydrogens (tertiary/aromatic N) is 1. The van der Waals surface area contributed by atoms with E-state index in [1.54, 1.807) is 0 Å². The van der Waals surface area contributed by atoms with Crippen molar-refractivity contribution in [1.29, 1.82) is 0 Å². The molecular formula is C13H16BrCl2NO3S. The fraction of sp³-hybridized carbons (Fsp3) is 0.538. The summed E-state index contributed by atoms with van der Waals surface area (Å²) >= 11 is 15.4. The van der Waals surface area contributed by atoms with E-state index in [2.05, 4.69) is 15.9 Å². The Hall–Kier alpha value is 0.150. The van der Waals surface area contributed by atoms with Crippen LogP contribution in [0.2, 0.25) is 10.0 Å². The SMILES string of the molecule is C[C@@H]1CC[C@@H](CO)CN1S(=O)(=O)c1c(Cl)cc(Br)cc1Cl. The quantitative estimate of drug-likeness (QED) is 0.819. The summed E-state index contributed by atoms with van der Waals surface area (Å²) in [5, 5.41) is 9.48. The highest BCUT2D eigenvalue weighted by Crippen LogP contribution is 2.37. The van der Waals surface area contributed by atoms with Crippen molar-refractivity contribution in [3.8, 4) is 0 Å². The third-order valence-corrected chi connectivity index (χ3v) is 7.07. The van der Waals surface area contributed by atoms with Crippen LogP contribution in [0.25, 0.3) is 0 Å². The van der Waals surface area contributed by atoms with Crippen LogP contribution in [0.15, 0.2) is 21.5 Å². The molecule has 0 aromatic heterocycles. The Balaban J connectivity index is 2.46. The molecule has 0 unspecified atom stereocenters. The molecule has 118 valence electrons. The first-order valence-corrected chi connectivity index (χ1v) is 9.53. The van der Waals surface area contributed by atoms with E-state index in [-0.39, 0.29) is 40.1 Å². The van der Waals surface area contributed by atoms with Crippen LogP contribution < -0.4 is 0 Å². The predicted octanol–water partition coefficient (Wildman–Crippen LogP) is 3.54. The summed E-state index contributed by atoms with van der Waals surface area (Å²) in [5.74, 6) is -0.0519. The van der Waals surface area contributed by atoms with Gasteiger partial charge in [-0.1, -0.05) is 39.1 Å². The minimum Gasteiger partial charge on any atom is -0.396 e. The summed E-state index contributed by atoms with van der Waals surface area (Å²) in [5.41, 5.74) is 0. The summed E-state index contributed by atoms with van der Waals surface area (Å²) in [4.78, 5) is -0.0699. The minimum absolute atomic E-state index is 0.0272. The van der Waals surface area contributed by atoms with Crippen LogP contribution in [-0.2, 0) is 10.0 Å². The van der Waals surface area contributed by atoms with Gasteiger partial charge in [0, 0.05) is 23.7 Å². The molecule has 1 aromatic carbocycles. The molecular weight excluding hydrogens is 401 g/mol. The van der Waals surface area contributed by atoms with Crippen molar-refractivity contribution in [2.24, 2.45) is 5.92 Å². The van der Waals surface area contributed by atoms with Crippen LogP contribution in [-0.4, -0.2) is 37.0 Å². The molecule has 2 rings (SSSR count). The Morgan fingerprint density at radius 2 is 1.90 bits per heavy atom. The first kappa shape index (κ1) is 17.5. The van der Waals surface area contributed by atoms with Crippen molar-refractivity contribution >= 4 is 49.2 Å². The largest absolute Gasteiger partial charge is 0.396 e. The number of rotatable bonds is 3. The predicted molar refractivity (Wildman–Crippen MR) is 87.3 cm³/mol. The zero-order valence-corrected chi connectivity index (χ0v) is 15.3. The van der Waals surface area contributed by atoms with Crippen LogP contribution in [0.1, 0.15) is 19.8 Å². The molecule has 0 amide bonds. The molecule has 0 spiro atoms. The van der Waals surface area contributed by atoms with Gasteiger partial charge in [-0.2, -0.15) is 4.31 Å². The van der Waals surface area contributed by atoms with E-state index < -0.39 is 10.0 Å². The molecule has 1 aliphatic heterocycles. The van der Waals surface area contributed by atoms with Gasteiger partial charge >= 0.3 is 0 Å². The van der Waals surface area contributed by atoms with Crippen molar-refractivity contribution in [3.63, 3.8) is 0 Å². The van der Waals surface area contributed by atoms with Crippen LogP contribution in [0, 0.1) is 5.92 Å². The number of aliphatic hydroxyl groups is 1. The lowest BCUT2D eigenvalue weighted by molar-refractivity contribution is 0.139. The standard InChI is InChI=1S/C13H16BrCl2NO3S/c1-8-2-3-9(7-18)6-17(8)21(19,20)13-11(15)4-10(14)5-12(13)16/h4-5,8-9,18H,2-3,6-7H2,1H3/t8-,9-/m1/s1. The summed E-state index contributed by atoms with van der Waals surface area (Å²) < 4.78 is 27.8. The Bertz CT molecular complexity index is 615. The molecule has 1 heterocycles. The number of hydrogen-bond donors (Lipinski definition) is 1. The van der Waals surface area contributed by atoms with Gasteiger partial charge in [-0.15, -0.1) is 0 Å². The molecule has 21 heavy (non-hydrogen) atoms. The summed E-state index contributed by atoms with van der Waals surface area (Å²) in [6, 6.07) is 2.88. The molecule has 1 aliphatic rings. The third kappa shape index (κ3) is 3.57. The molecule has 0 saturated carbocycles. The summed E-state index contributed by atoms with van der Waals surface area (Å²) in [6.07, 6.45) is 1.52. The number of piperidine rings is 1. The second-order valence-electron chi connectivity index (χ2n) is 5.25. The van der Waals surface area contributed by atoms with E-state index in [0.29, 0.717) is 10.9 Å². The van der Waals surface area contributed by atoms with Crippen molar-refractivity contribution in [2.75, 3.05) is 13.2 Å². The number of benzene rings is 1. The Morgan fingerprint density at radius 1 is 1.33 bits per heavy atom. The first-order valence-electron chi connectivity index (χ1n) is 6.54. The van der Waals surface area contributed by atoms with Gasteiger partial charge in [0.15, 0.2) is 0 Å². The maximum Gasteiger partial charge on any atom is 0.246 e. The van der Waals surface area contributed by atoms with Crippen LogP contribution in [0.3, 0.4) is 0 Å². The lowest BCUT2D eigenvalue weighted by Gasteiger charge is -2.36. The zero-order chi connectivity index (χ0) is 15.8. The second-order valence-corrected chi connectivity index (χ2v) is 8.81. The monoisotopic (exact) mass is 415 g/mol. The van der Waals surface area contributed by atoms with E-state index in [4.69, 9.17) is 23.2 Å². The molecule has 4 nitrogen and oxygen atoms in total. The summed E-state index contributed by atoms with van der Waals surface area (Å²) in [7, 11) is -3.79. The maximum absolute atomic E-state index is 12.9. The average Bonchev–Trinajstić information content (AvgIpc) is 2.37. The van der Waals surface area contributed by atoms with E-state index in [1.165, 1.54) is 16.4 Å². The van der Waals surface area contributed by atoms with Crippen LogP contribution >= 0.6 is 39.1 Å². The lowest BCUT2D eigenvalue weighted by Crippen LogP contribution is -2.46. The average molecular weight is 417 g/mol. The van der Waals surface area contributed by atoms with Crippen molar-refractivity contribution in [3.05, 3.63) is 26.7 Å². The first-order chi connectivity index (χ1) is 9.77. The van der Waals surface area contributed by atoms with E-state index in [9.17, 15) is 13.5 Å². The van der Waals surface area contributed by atoms with Gasteiger partial charge in [-0.25, -0.2) is 8.42 Å². The van der Waals surface area contributed by atoms with Crippen molar-refractivity contribution in [1.82, 2.24) is 4.31 Å². The van der Waals surface area contributed by atoms with Crippen molar-refractivity contribution in [2.45, 2.75) is 30.7 Å². The molecule has 1 saturated heterocycles. The van der Waals surface area contributed by atoms with Gasteiger partial charge < -0.3 is 5.11 Å². The second kappa shape index (κ2) is 6.72. The normalized spacial score (nSPS) is 24.2. The topological polar surface area (TPSA) is 57.6 Å². The number of aliphatic hydroxyl groups excluding tert-OH is 1. The molecule has 1 aromatic rings. The molecule has 0 bridgehead atoms. The van der Waals surface area contributed by atoms with E-state index in [0.717, 1.165) is 6.42 Å². The van der Waals surface area contributed by atoms with E-state index >= 15 is 0 Å². The van der Waals surface area contributed by atoms with Gasteiger partial charge in [-0.05, 0) is 37.8 Å². The number of hydrogen-bond acceptors (Lipinski definition) is 3. The fourth-order valence-corrected chi connectivity index (χ4v) is 6.15.